The topological polar surface area (TPSA) is 95.2 Å². The minimum absolute atomic E-state index is 0.0311. The maximum absolute atomic E-state index is 13.5. The molecule has 7 nitrogen and oxygen atoms in total. The van der Waals surface area contributed by atoms with Crippen molar-refractivity contribution in [1.29, 1.82) is 0 Å². The Balaban J connectivity index is 1.52. The Morgan fingerprint density at radius 3 is 2.58 bits per heavy atom. The molecular formula is C24H23ClF3N5O2S. The van der Waals surface area contributed by atoms with Gasteiger partial charge in [-0.2, -0.15) is 13.2 Å². The number of hydrogen-bond donors (Lipinski definition) is 4. The highest BCUT2D eigenvalue weighted by Crippen LogP contribution is 2.34. The van der Waals surface area contributed by atoms with Crippen molar-refractivity contribution in [2.24, 2.45) is 0 Å². The van der Waals surface area contributed by atoms with E-state index in [1.54, 1.807) is 25.1 Å². The third-order valence-electron chi connectivity index (χ3n) is 5.64. The molecule has 1 aliphatic rings. The third-order valence-corrected chi connectivity index (χ3v) is 6.86. The van der Waals surface area contributed by atoms with Gasteiger partial charge in [0.05, 0.1) is 22.5 Å². The first-order chi connectivity index (χ1) is 17.1. The quantitative estimate of drug-likeness (QED) is 0.328. The molecule has 0 radical (unpaired) electrons. The summed E-state index contributed by atoms with van der Waals surface area (Å²) in [5.41, 5.74) is 0.192. The predicted molar refractivity (Wildman–Crippen MR) is 134 cm³/mol. The minimum Gasteiger partial charge on any atom is -0.349 e. The summed E-state index contributed by atoms with van der Waals surface area (Å²) < 4.78 is 40.6. The number of carbonyl (C=O) groups excluding carboxylic acids is 2. The zero-order valence-electron chi connectivity index (χ0n) is 19.1. The molecule has 0 saturated carbocycles. The van der Waals surface area contributed by atoms with Crippen molar-refractivity contribution in [3.63, 3.8) is 0 Å². The number of amides is 2. The lowest BCUT2D eigenvalue weighted by Crippen LogP contribution is -2.42. The number of alkyl halides is 3. The van der Waals surface area contributed by atoms with Crippen LogP contribution >= 0.6 is 22.9 Å². The number of hydrogen-bond acceptors (Lipinski definition) is 6. The number of aryl methyl sites for hydroxylation is 1. The fraction of sp³-hybridized carbons (Fsp3) is 0.292. The Kier molecular flexibility index (Phi) is 7.82. The van der Waals surface area contributed by atoms with Crippen LogP contribution in [0.5, 0.6) is 0 Å². The van der Waals surface area contributed by atoms with Gasteiger partial charge in [-0.05, 0) is 62.7 Å². The first kappa shape index (κ1) is 25.9. The summed E-state index contributed by atoms with van der Waals surface area (Å²) in [6.45, 7) is 3.26. The van der Waals surface area contributed by atoms with E-state index >= 15 is 0 Å². The van der Waals surface area contributed by atoms with E-state index in [4.69, 9.17) is 11.6 Å². The highest BCUT2D eigenvalue weighted by Gasteiger charge is 2.32. The molecule has 2 amide bonds. The molecule has 12 heteroatoms. The van der Waals surface area contributed by atoms with E-state index in [1.807, 2.05) is 0 Å². The number of carbonyl (C=O) groups is 2. The second kappa shape index (κ2) is 10.9. The van der Waals surface area contributed by atoms with Gasteiger partial charge in [-0.25, -0.2) is 4.98 Å². The number of thiazole rings is 1. The van der Waals surface area contributed by atoms with E-state index in [2.05, 4.69) is 26.3 Å². The molecule has 0 unspecified atom stereocenters. The number of rotatable bonds is 6. The van der Waals surface area contributed by atoms with E-state index in [-0.39, 0.29) is 27.3 Å². The number of halogens is 4. The van der Waals surface area contributed by atoms with Crippen LogP contribution < -0.4 is 21.3 Å². The number of nitrogens with one attached hydrogen (secondary N) is 4. The van der Waals surface area contributed by atoms with Gasteiger partial charge in [0, 0.05) is 17.3 Å². The summed E-state index contributed by atoms with van der Waals surface area (Å²) >= 11 is 7.12. The lowest BCUT2D eigenvalue weighted by atomic mass is 10.0. The highest BCUT2D eigenvalue weighted by atomic mass is 35.5. The molecular weight excluding hydrogens is 515 g/mol. The Morgan fingerprint density at radius 1 is 1.14 bits per heavy atom. The summed E-state index contributed by atoms with van der Waals surface area (Å²) in [6, 6.07) is 8.16. The standard InChI is InChI=1S/C24H23ClF3N5O2S/c1-13-3-2-4-18(25)20(13)33-22(35)19-12-30-23(36-19)32-17-10-14(9-15(11-17)24(26,27)28)21(34)31-16-5-7-29-8-6-16/h2-4,9-12,16,29H,5-8H2,1H3,(H,30,32)(H,31,34)(H,33,35). The third kappa shape index (κ3) is 6.34. The molecule has 1 aliphatic heterocycles. The van der Waals surface area contributed by atoms with Gasteiger partial charge in [-0.15, -0.1) is 0 Å². The SMILES string of the molecule is Cc1cccc(Cl)c1NC(=O)c1cnc(Nc2cc(C(=O)NC3CCNCC3)cc(C(F)(F)F)c2)s1. The monoisotopic (exact) mass is 537 g/mol. The first-order valence-electron chi connectivity index (χ1n) is 11.1. The second-order valence-corrected chi connectivity index (χ2v) is 9.77. The molecule has 2 aromatic carbocycles. The van der Waals surface area contributed by atoms with Gasteiger partial charge in [0.1, 0.15) is 4.88 Å². The van der Waals surface area contributed by atoms with Crippen LogP contribution in [0.1, 0.15) is 44.0 Å². The number of anilines is 3. The highest BCUT2D eigenvalue weighted by molar-refractivity contribution is 7.17. The van der Waals surface area contributed by atoms with Crippen LogP contribution in [0, 0.1) is 6.92 Å². The van der Waals surface area contributed by atoms with Crippen molar-refractivity contribution in [3.8, 4) is 0 Å². The number of piperidine rings is 1. The van der Waals surface area contributed by atoms with E-state index in [0.717, 1.165) is 42.1 Å². The molecule has 0 bridgehead atoms. The Bertz CT molecular complexity index is 1250. The lowest BCUT2D eigenvalue weighted by Gasteiger charge is -2.24. The summed E-state index contributed by atoms with van der Waals surface area (Å²) in [6.07, 6.45) is -1.93. The molecule has 4 N–H and O–H groups in total. The summed E-state index contributed by atoms with van der Waals surface area (Å²) in [5, 5.41) is 12.1. The zero-order valence-corrected chi connectivity index (χ0v) is 20.7. The van der Waals surface area contributed by atoms with Crippen LogP contribution in [0.25, 0.3) is 0 Å². The molecule has 190 valence electrons. The number of benzene rings is 2. The number of aromatic nitrogens is 1. The van der Waals surface area contributed by atoms with E-state index in [1.165, 1.54) is 12.3 Å². The summed E-state index contributed by atoms with van der Waals surface area (Å²) in [4.78, 5) is 29.7. The van der Waals surface area contributed by atoms with Crippen LogP contribution in [0.3, 0.4) is 0 Å². The molecule has 1 saturated heterocycles. The zero-order chi connectivity index (χ0) is 25.9. The van der Waals surface area contributed by atoms with E-state index in [0.29, 0.717) is 23.6 Å². The van der Waals surface area contributed by atoms with Gasteiger partial charge >= 0.3 is 6.18 Å². The predicted octanol–water partition coefficient (Wildman–Crippen LogP) is 5.60. The Hall–Kier alpha value is -3.15. The average molecular weight is 538 g/mol. The van der Waals surface area contributed by atoms with Gasteiger partial charge in [-0.1, -0.05) is 35.1 Å². The largest absolute Gasteiger partial charge is 0.416 e. The van der Waals surface area contributed by atoms with Crippen LogP contribution in [0.2, 0.25) is 5.02 Å². The van der Waals surface area contributed by atoms with Gasteiger partial charge in [0.15, 0.2) is 5.13 Å². The van der Waals surface area contributed by atoms with Crippen molar-refractivity contribution < 1.29 is 22.8 Å². The molecule has 2 heterocycles. The molecule has 0 spiro atoms. The van der Waals surface area contributed by atoms with Crippen LogP contribution in [-0.4, -0.2) is 35.9 Å². The maximum atomic E-state index is 13.5. The summed E-state index contributed by atoms with van der Waals surface area (Å²) in [5.74, 6) is -1.03. The van der Waals surface area contributed by atoms with Gasteiger partial charge < -0.3 is 21.3 Å². The van der Waals surface area contributed by atoms with Crippen molar-refractivity contribution in [3.05, 3.63) is 69.2 Å². The van der Waals surface area contributed by atoms with Crippen LogP contribution in [0.4, 0.5) is 29.7 Å². The van der Waals surface area contributed by atoms with Crippen molar-refractivity contribution in [1.82, 2.24) is 15.6 Å². The van der Waals surface area contributed by atoms with Gasteiger partial charge in [0.25, 0.3) is 11.8 Å². The summed E-state index contributed by atoms with van der Waals surface area (Å²) in [7, 11) is 0. The molecule has 36 heavy (non-hydrogen) atoms. The first-order valence-corrected chi connectivity index (χ1v) is 12.3. The van der Waals surface area contributed by atoms with Crippen molar-refractivity contribution in [2.75, 3.05) is 23.7 Å². The lowest BCUT2D eigenvalue weighted by molar-refractivity contribution is -0.137. The fourth-order valence-electron chi connectivity index (χ4n) is 3.76. The Labute approximate surface area is 214 Å². The number of para-hydroxylation sites is 1. The van der Waals surface area contributed by atoms with Crippen LogP contribution in [0.15, 0.2) is 42.6 Å². The van der Waals surface area contributed by atoms with Crippen LogP contribution in [-0.2, 0) is 6.18 Å². The normalized spacial score (nSPS) is 14.4. The van der Waals surface area contributed by atoms with Gasteiger partial charge in [-0.3, -0.25) is 9.59 Å². The molecule has 0 atom stereocenters. The minimum atomic E-state index is -4.65. The smallest absolute Gasteiger partial charge is 0.349 e. The van der Waals surface area contributed by atoms with Crippen molar-refractivity contribution in [2.45, 2.75) is 32.0 Å². The van der Waals surface area contributed by atoms with Crippen molar-refractivity contribution >= 4 is 51.3 Å². The number of nitrogens with zero attached hydrogens (tertiary/aromatic N) is 1. The molecule has 1 fully saturated rings. The molecule has 0 aliphatic carbocycles. The van der Waals surface area contributed by atoms with Gasteiger partial charge in [0.2, 0.25) is 0 Å². The Morgan fingerprint density at radius 2 is 1.89 bits per heavy atom. The maximum Gasteiger partial charge on any atom is 0.416 e. The van der Waals surface area contributed by atoms with E-state index in [9.17, 15) is 22.8 Å². The molecule has 1 aromatic heterocycles. The fourth-order valence-corrected chi connectivity index (χ4v) is 4.76. The second-order valence-electron chi connectivity index (χ2n) is 8.34. The average Bonchev–Trinajstić information content (AvgIpc) is 3.30. The van der Waals surface area contributed by atoms with E-state index < -0.39 is 23.6 Å². The molecule has 4 rings (SSSR count). The molecule has 3 aromatic rings.